The third kappa shape index (κ3) is 2.21. The molecule has 2 aliphatic carbocycles. The molecular formula is C10H18N2O. The van der Waals surface area contributed by atoms with Gasteiger partial charge < -0.3 is 11.1 Å². The third-order valence-corrected chi connectivity index (χ3v) is 3.14. The van der Waals surface area contributed by atoms with E-state index in [1.165, 1.54) is 0 Å². The summed E-state index contributed by atoms with van der Waals surface area (Å²) in [5, 5.41) is 3.02. The number of nitrogens with one attached hydrogen (secondary N) is 1. The van der Waals surface area contributed by atoms with Crippen LogP contribution in [0.5, 0.6) is 0 Å². The van der Waals surface area contributed by atoms with Crippen LogP contribution >= 0.6 is 0 Å². The highest BCUT2D eigenvalue weighted by molar-refractivity contribution is 5.78. The molecule has 2 rings (SSSR count). The maximum absolute atomic E-state index is 11.4. The summed E-state index contributed by atoms with van der Waals surface area (Å²) in [4.78, 5) is 11.4. The van der Waals surface area contributed by atoms with Crippen molar-refractivity contribution < 1.29 is 4.79 Å². The van der Waals surface area contributed by atoms with Gasteiger partial charge in [0, 0.05) is 18.0 Å². The summed E-state index contributed by atoms with van der Waals surface area (Å²) < 4.78 is 0. The number of carbonyl (C=O) groups is 1. The molecule has 2 saturated carbocycles. The van der Waals surface area contributed by atoms with E-state index >= 15 is 0 Å². The van der Waals surface area contributed by atoms with Crippen LogP contribution < -0.4 is 11.1 Å². The van der Waals surface area contributed by atoms with Gasteiger partial charge in [0.25, 0.3) is 0 Å². The lowest BCUT2D eigenvalue weighted by molar-refractivity contribution is -0.123. The van der Waals surface area contributed by atoms with Gasteiger partial charge in [0.05, 0.1) is 0 Å². The van der Waals surface area contributed by atoms with Gasteiger partial charge in [-0.25, -0.2) is 0 Å². The molecule has 0 aliphatic heterocycles. The van der Waals surface area contributed by atoms with Gasteiger partial charge in [-0.1, -0.05) is 6.92 Å². The molecule has 0 bridgehead atoms. The standard InChI is InChI=1S/C10H18N2O/c1-7-4-8(5-7)12-9(13)6-10(11)2-3-10/h7-8H,2-6,11H2,1H3,(H,12,13). The molecule has 0 radical (unpaired) electrons. The minimum Gasteiger partial charge on any atom is -0.353 e. The van der Waals surface area contributed by atoms with Crippen LogP contribution in [0.1, 0.15) is 39.0 Å². The summed E-state index contributed by atoms with van der Waals surface area (Å²) in [6.45, 7) is 2.22. The number of carbonyl (C=O) groups excluding carboxylic acids is 1. The lowest BCUT2D eigenvalue weighted by atomic mass is 9.82. The van der Waals surface area contributed by atoms with Crippen molar-refractivity contribution >= 4 is 5.91 Å². The van der Waals surface area contributed by atoms with Gasteiger partial charge in [0.15, 0.2) is 0 Å². The molecule has 2 fully saturated rings. The Bertz CT molecular complexity index is 217. The monoisotopic (exact) mass is 182 g/mol. The fraction of sp³-hybridized carbons (Fsp3) is 0.900. The molecule has 0 aromatic rings. The zero-order valence-corrected chi connectivity index (χ0v) is 8.18. The van der Waals surface area contributed by atoms with E-state index in [4.69, 9.17) is 5.73 Å². The zero-order valence-electron chi connectivity index (χ0n) is 8.18. The number of amides is 1. The minimum absolute atomic E-state index is 0.139. The average Bonchev–Trinajstić information content (AvgIpc) is 2.64. The summed E-state index contributed by atoms with van der Waals surface area (Å²) in [5.41, 5.74) is 5.71. The Morgan fingerprint density at radius 3 is 2.62 bits per heavy atom. The molecule has 0 spiro atoms. The van der Waals surface area contributed by atoms with Crippen LogP contribution in [-0.2, 0) is 4.79 Å². The second kappa shape index (κ2) is 2.98. The fourth-order valence-electron chi connectivity index (χ4n) is 1.96. The Balaban J connectivity index is 1.67. The summed E-state index contributed by atoms with van der Waals surface area (Å²) in [7, 11) is 0. The van der Waals surface area contributed by atoms with Gasteiger partial charge in [0.2, 0.25) is 5.91 Å². The van der Waals surface area contributed by atoms with Gasteiger partial charge in [-0.05, 0) is 31.6 Å². The first-order valence-corrected chi connectivity index (χ1v) is 5.16. The van der Waals surface area contributed by atoms with Crippen molar-refractivity contribution in [3.63, 3.8) is 0 Å². The molecule has 0 unspecified atom stereocenters. The summed E-state index contributed by atoms with van der Waals surface area (Å²) >= 11 is 0. The van der Waals surface area contributed by atoms with E-state index in [2.05, 4.69) is 12.2 Å². The zero-order chi connectivity index (χ0) is 9.47. The van der Waals surface area contributed by atoms with E-state index in [0.29, 0.717) is 12.5 Å². The lowest BCUT2D eigenvalue weighted by Gasteiger charge is -2.33. The average molecular weight is 182 g/mol. The van der Waals surface area contributed by atoms with Crippen molar-refractivity contribution in [1.29, 1.82) is 0 Å². The van der Waals surface area contributed by atoms with Crippen molar-refractivity contribution in [3.8, 4) is 0 Å². The molecule has 0 aromatic heterocycles. The highest BCUT2D eigenvalue weighted by atomic mass is 16.1. The smallest absolute Gasteiger partial charge is 0.222 e. The SMILES string of the molecule is CC1CC(NC(=O)CC2(N)CC2)C1. The van der Waals surface area contributed by atoms with E-state index in [-0.39, 0.29) is 11.4 Å². The number of nitrogens with two attached hydrogens (primary N) is 1. The van der Waals surface area contributed by atoms with Crippen LogP contribution in [0.4, 0.5) is 0 Å². The number of hydrogen-bond donors (Lipinski definition) is 2. The van der Waals surface area contributed by atoms with Crippen molar-refractivity contribution in [3.05, 3.63) is 0 Å². The van der Waals surface area contributed by atoms with E-state index in [9.17, 15) is 4.79 Å². The normalized spacial score (nSPS) is 34.9. The van der Waals surface area contributed by atoms with Crippen molar-refractivity contribution in [2.75, 3.05) is 0 Å². The van der Waals surface area contributed by atoms with Gasteiger partial charge in [-0.15, -0.1) is 0 Å². The molecule has 0 aromatic carbocycles. The molecule has 0 heterocycles. The van der Waals surface area contributed by atoms with Crippen LogP contribution in [0.2, 0.25) is 0 Å². The fourth-order valence-corrected chi connectivity index (χ4v) is 1.96. The van der Waals surface area contributed by atoms with Gasteiger partial charge in [-0.2, -0.15) is 0 Å². The van der Waals surface area contributed by atoms with E-state index in [1.807, 2.05) is 0 Å². The Kier molecular flexibility index (Phi) is 2.06. The van der Waals surface area contributed by atoms with Crippen LogP contribution in [0.15, 0.2) is 0 Å². The molecular weight excluding hydrogens is 164 g/mol. The molecule has 13 heavy (non-hydrogen) atoms. The van der Waals surface area contributed by atoms with Gasteiger partial charge in [0.1, 0.15) is 0 Å². The molecule has 3 nitrogen and oxygen atoms in total. The second-order valence-corrected chi connectivity index (χ2v) is 4.88. The van der Waals surface area contributed by atoms with Gasteiger partial charge >= 0.3 is 0 Å². The quantitative estimate of drug-likeness (QED) is 0.677. The second-order valence-electron chi connectivity index (χ2n) is 4.88. The van der Waals surface area contributed by atoms with Gasteiger partial charge in [-0.3, -0.25) is 4.79 Å². The molecule has 0 atom stereocenters. The first-order chi connectivity index (χ1) is 6.07. The van der Waals surface area contributed by atoms with E-state index < -0.39 is 0 Å². The Labute approximate surface area is 79.1 Å². The summed E-state index contributed by atoms with van der Waals surface area (Å²) in [6, 6.07) is 0.435. The lowest BCUT2D eigenvalue weighted by Crippen LogP contribution is -2.45. The number of rotatable bonds is 3. The molecule has 0 saturated heterocycles. The first kappa shape index (κ1) is 9.00. The van der Waals surface area contributed by atoms with Crippen LogP contribution in [0, 0.1) is 5.92 Å². The van der Waals surface area contributed by atoms with E-state index in [1.54, 1.807) is 0 Å². The highest BCUT2D eigenvalue weighted by Crippen LogP contribution is 2.35. The molecule has 1 amide bonds. The molecule has 3 N–H and O–H groups in total. The first-order valence-electron chi connectivity index (χ1n) is 5.16. The molecule has 2 aliphatic rings. The topological polar surface area (TPSA) is 55.1 Å². The van der Waals surface area contributed by atoms with Crippen molar-refractivity contribution in [2.45, 2.75) is 50.6 Å². The predicted octanol–water partition coefficient (Wildman–Crippen LogP) is 0.782. The largest absolute Gasteiger partial charge is 0.353 e. The van der Waals surface area contributed by atoms with Crippen molar-refractivity contribution in [2.24, 2.45) is 11.7 Å². The predicted molar refractivity (Wildman–Crippen MR) is 51.1 cm³/mol. The maximum atomic E-state index is 11.4. The van der Waals surface area contributed by atoms with E-state index in [0.717, 1.165) is 31.6 Å². The van der Waals surface area contributed by atoms with Crippen LogP contribution in [0.3, 0.4) is 0 Å². The van der Waals surface area contributed by atoms with Crippen LogP contribution in [-0.4, -0.2) is 17.5 Å². The number of hydrogen-bond acceptors (Lipinski definition) is 2. The minimum atomic E-state index is -0.139. The Morgan fingerprint density at radius 2 is 2.15 bits per heavy atom. The highest BCUT2D eigenvalue weighted by Gasteiger charge is 2.40. The Hall–Kier alpha value is -0.570. The van der Waals surface area contributed by atoms with Crippen molar-refractivity contribution in [1.82, 2.24) is 5.32 Å². The van der Waals surface area contributed by atoms with Crippen LogP contribution in [0.25, 0.3) is 0 Å². The Morgan fingerprint density at radius 1 is 1.54 bits per heavy atom. The molecule has 74 valence electrons. The summed E-state index contributed by atoms with van der Waals surface area (Å²) in [6.07, 6.45) is 4.84. The maximum Gasteiger partial charge on any atom is 0.222 e. The third-order valence-electron chi connectivity index (χ3n) is 3.14. The summed E-state index contributed by atoms with van der Waals surface area (Å²) in [5.74, 6) is 0.940. The molecule has 3 heteroatoms.